The van der Waals surface area contributed by atoms with Crippen molar-refractivity contribution in [2.24, 2.45) is 0 Å². The zero-order chi connectivity index (χ0) is 34.2. The van der Waals surface area contributed by atoms with E-state index in [0.29, 0.717) is 24.1 Å². The molecule has 0 amide bonds. The van der Waals surface area contributed by atoms with Gasteiger partial charge in [0.15, 0.2) is 0 Å². The van der Waals surface area contributed by atoms with Gasteiger partial charge in [0, 0.05) is 13.0 Å². The fraction of sp³-hybridized carbons (Fsp3) is 0.919. The number of rotatable bonds is 35. The molecule has 0 aromatic heterocycles. The number of esters is 1. The van der Waals surface area contributed by atoms with Crippen LogP contribution in [-0.2, 0) is 27.9 Å². The predicted molar refractivity (Wildman–Crippen MR) is 192 cm³/mol. The minimum absolute atomic E-state index is 0.0895. The van der Waals surface area contributed by atoms with Crippen LogP contribution in [0.3, 0.4) is 0 Å². The fourth-order valence-corrected chi connectivity index (χ4v) is 5.82. The van der Waals surface area contributed by atoms with Crippen molar-refractivity contribution >= 4 is 13.8 Å². The Morgan fingerprint density at radius 3 is 1.65 bits per heavy atom. The summed E-state index contributed by atoms with van der Waals surface area (Å²) in [5, 5.41) is 0. The standard InChI is InChI=1S/C37H74NO7P/c1-6-8-10-12-14-16-17-18-19-20-21-22-23-24-26-28-30-37(39)45-36(34-42-32-29-27-25-15-13-11-9-7-2)35-44-46(40,41)43-33-31-38(3,4)5/h19-20,36H,6-18,21-35H2,1-5H3/p+1/b20-19-. The van der Waals surface area contributed by atoms with Gasteiger partial charge < -0.3 is 18.9 Å². The highest BCUT2D eigenvalue weighted by atomic mass is 31.2. The zero-order valence-electron chi connectivity index (χ0n) is 30.8. The molecule has 0 rings (SSSR count). The molecule has 0 aliphatic carbocycles. The minimum atomic E-state index is -4.26. The molecular weight excluding hydrogens is 601 g/mol. The van der Waals surface area contributed by atoms with Crippen LogP contribution in [0, 0.1) is 0 Å². The topological polar surface area (TPSA) is 91.3 Å². The highest BCUT2D eigenvalue weighted by molar-refractivity contribution is 7.47. The van der Waals surface area contributed by atoms with Crippen LogP contribution in [0.5, 0.6) is 0 Å². The summed E-state index contributed by atoms with van der Waals surface area (Å²) in [7, 11) is 1.67. The summed E-state index contributed by atoms with van der Waals surface area (Å²) in [4.78, 5) is 22.7. The molecule has 2 unspecified atom stereocenters. The Hall–Kier alpha value is -0.760. The summed E-state index contributed by atoms with van der Waals surface area (Å²) < 4.78 is 34.7. The Labute approximate surface area is 284 Å². The molecule has 9 heteroatoms. The normalized spacial score (nSPS) is 14.1. The van der Waals surface area contributed by atoms with E-state index in [0.717, 1.165) is 38.5 Å². The zero-order valence-corrected chi connectivity index (χ0v) is 31.7. The number of unbranched alkanes of at least 4 members (excludes halogenated alkanes) is 19. The average Bonchev–Trinajstić information content (AvgIpc) is 2.99. The number of ether oxygens (including phenoxy) is 2. The predicted octanol–water partition coefficient (Wildman–Crippen LogP) is 10.3. The van der Waals surface area contributed by atoms with E-state index >= 15 is 0 Å². The average molecular weight is 677 g/mol. The molecule has 0 fully saturated rings. The highest BCUT2D eigenvalue weighted by Gasteiger charge is 2.26. The lowest BCUT2D eigenvalue weighted by molar-refractivity contribution is -0.870. The molecule has 0 heterocycles. The first-order valence-electron chi connectivity index (χ1n) is 18.9. The molecule has 0 aromatic rings. The van der Waals surface area contributed by atoms with E-state index in [9.17, 15) is 14.3 Å². The Bertz CT molecular complexity index is 756. The third-order valence-electron chi connectivity index (χ3n) is 8.08. The van der Waals surface area contributed by atoms with Gasteiger partial charge in [-0.3, -0.25) is 13.8 Å². The number of phosphoric acid groups is 1. The summed E-state index contributed by atoms with van der Waals surface area (Å²) in [6.45, 7) is 5.59. The summed E-state index contributed by atoms with van der Waals surface area (Å²) in [5.41, 5.74) is 0. The van der Waals surface area contributed by atoms with Gasteiger partial charge in [-0.05, 0) is 38.5 Å². The number of phosphoric ester groups is 1. The van der Waals surface area contributed by atoms with E-state index in [1.165, 1.54) is 103 Å². The van der Waals surface area contributed by atoms with Gasteiger partial charge in [-0.15, -0.1) is 0 Å². The second-order valence-corrected chi connectivity index (χ2v) is 15.4. The van der Waals surface area contributed by atoms with Crippen LogP contribution in [0.4, 0.5) is 0 Å². The maximum Gasteiger partial charge on any atom is 0.472 e. The van der Waals surface area contributed by atoms with Crippen LogP contribution in [0.2, 0.25) is 0 Å². The van der Waals surface area contributed by atoms with Crippen molar-refractivity contribution < 1.29 is 37.3 Å². The molecule has 46 heavy (non-hydrogen) atoms. The van der Waals surface area contributed by atoms with Crippen LogP contribution in [0.1, 0.15) is 162 Å². The van der Waals surface area contributed by atoms with E-state index in [4.69, 9.17) is 18.5 Å². The van der Waals surface area contributed by atoms with Crippen molar-refractivity contribution in [2.45, 2.75) is 168 Å². The number of carbonyl (C=O) groups is 1. The largest absolute Gasteiger partial charge is 0.472 e. The summed E-state index contributed by atoms with van der Waals surface area (Å²) in [6, 6.07) is 0. The molecule has 0 spiro atoms. The number of allylic oxidation sites excluding steroid dienone is 2. The van der Waals surface area contributed by atoms with Crippen LogP contribution in [0.25, 0.3) is 0 Å². The number of quaternary nitrogens is 1. The summed E-state index contributed by atoms with van der Waals surface area (Å²) in [6.07, 6.45) is 30.9. The van der Waals surface area contributed by atoms with Gasteiger partial charge in [0.2, 0.25) is 0 Å². The lowest BCUT2D eigenvalue weighted by atomic mass is 10.1. The number of nitrogens with zero attached hydrogens (tertiary/aromatic N) is 1. The van der Waals surface area contributed by atoms with Gasteiger partial charge in [-0.25, -0.2) is 4.57 Å². The third-order valence-corrected chi connectivity index (χ3v) is 9.06. The molecule has 8 nitrogen and oxygen atoms in total. The second-order valence-electron chi connectivity index (χ2n) is 14.0. The van der Waals surface area contributed by atoms with Crippen LogP contribution < -0.4 is 0 Å². The van der Waals surface area contributed by atoms with E-state index in [2.05, 4.69) is 26.0 Å². The molecule has 1 N–H and O–H groups in total. The number of hydrogen-bond donors (Lipinski definition) is 1. The SMILES string of the molecule is CCCCCCCCC/C=C\CCCCCCCC(=O)OC(COCCCCCCCCCC)COP(=O)(O)OCC[N+](C)(C)C. The number of carbonyl (C=O) groups excluding carboxylic acids is 1. The monoisotopic (exact) mass is 677 g/mol. The maximum absolute atomic E-state index is 12.6. The Morgan fingerprint density at radius 1 is 0.652 bits per heavy atom. The summed E-state index contributed by atoms with van der Waals surface area (Å²) in [5.74, 6) is -0.323. The van der Waals surface area contributed by atoms with Crippen molar-refractivity contribution in [1.82, 2.24) is 0 Å². The van der Waals surface area contributed by atoms with Crippen LogP contribution in [-0.4, -0.2) is 75.6 Å². The minimum Gasteiger partial charge on any atom is -0.457 e. The van der Waals surface area contributed by atoms with E-state index in [-0.39, 0.29) is 25.8 Å². The van der Waals surface area contributed by atoms with Crippen molar-refractivity contribution in [3.05, 3.63) is 12.2 Å². The lowest BCUT2D eigenvalue weighted by Crippen LogP contribution is -2.37. The van der Waals surface area contributed by atoms with Gasteiger partial charge >= 0.3 is 13.8 Å². The lowest BCUT2D eigenvalue weighted by Gasteiger charge is -2.24. The van der Waals surface area contributed by atoms with Crippen molar-refractivity contribution in [2.75, 3.05) is 54.1 Å². The van der Waals surface area contributed by atoms with Gasteiger partial charge in [-0.1, -0.05) is 129 Å². The fourth-order valence-electron chi connectivity index (χ4n) is 5.08. The van der Waals surface area contributed by atoms with Crippen LogP contribution in [0.15, 0.2) is 12.2 Å². The first-order chi connectivity index (χ1) is 22.1. The smallest absolute Gasteiger partial charge is 0.457 e. The molecule has 0 radical (unpaired) electrons. The quantitative estimate of drug-likeness (QED) is 0.0235. The van der Waals surface area contributed by atoms with Gasteiger partial charge in [-0.2, -0.15) is 0 Å². The van der Waals surface area contributed by atoms with Crippen LogP contribution >= 0.6 is 7.82 Å². The highest BCUT2D eigenvalue weighted by Crippen LogP contribution is 2.43. The molecule has 0 aromatic carbocycles. The van der Waals surface area contributed by atoms with Crippen molar-refractivity contribution in [3.8, 4) is 0 Å². The molecule has 0 aliphatic heterocycles. The Balaban J connectivity index is 4.25. The molecule has 0 saturated carbocycles. The van der Waals surface area contributed by atoms with E-state index in [1.54, 1.807) is 0 Å². The molecule has 0 saturated heterocycles. The Kier molecular flexibility index (Phi) is 31.0. The molecule has 0 aliphatic rings. The third kappa shape index (κ3) is 34.6. The first kappa shape index (κ1) is 45.2. The molecule has 2 atom stereocenters. The van der Waals surface area contributed by atoms with Crippen molar-refractivity contribution in [3.63, 3.8) is 0 Å². The van der Waals surface area contributed by atoms with E-state index < -0.39 is 13.9 Å². The molecular formula is C37H75NO7P+. The maximum atomic E-state index is 12.6. The second kappa shape index (κ2) is 31.5. The van der Waals surface area contributed by atoms with Gasteiger partial charge in [0.05, 0.1) is 34.4 Å². The Morgan fingerprint density at radius 2 is 1.13 bits per heavy atom. The van der Waals surface area contributed by atoms with Gasteiger partial charge in [0.1, 0.15) is 19.3 Å². The summed E-state index contributed by atoms with van der Waals surface area (Å²) >= 11 is 0. The van der Waals surface area contributed by atoms with Crippen molar-refractivity contribution in [1.29, 1.82) is 0 Å². The van der Waals surface area contributed by atoms with Gasteiger partial charge in [0.25, 0.3) is 0 Å². The first-order valence-corrected chi connectivity index (χ1v) is 20.4. The molecule has 0 bridgehead atoms. The molecule has 274 valence electrons. The number of likely N-dealkylation sites (N-methyl/N-ethyl adjacent to an activating group) is 1. The number of hydrogen-bond acceptors (Lipinski definition) is 6. The van der Waals surface area contributed by atoms with E-state index in [1.807, 2.05) is 21.1 Å².